The Morgan fingerprint density at radius 2 is 2.38 bits per heavy atom. The molecule has 0 aliphatic carbocycles. The van der Waals surface area contributed by atoms with E-state index in [4.69, 9.17) is 16.3 Å². The van der Waals surface area contributed by atoms with Gasteiger partial charge >= 0.3 is 0 Å². The van der Waals surface area contributed by atoms with E-state index in [9.17, 15) is 0 Å². The zero-order chi connectivity index (χ0) is 11.4. The van der Waals surface area contributed by atoms with Crippen molar-refractivity contribution in [2.45, 2.75) is 11.9 Å². The van der Waals surface area contributed by atoms with Gasteiger partial charge < -0.3 is 9.30 Å². The monoisotopic (exact) mass is 236 g/mol. The van der Waals surface area contributed by atoms with Gasteiger partial charge in [0.2, 0.25) is 0 Å². The molecule has 1 atom stereocenters. The average Bonchev–Trinajstić information content (AvgIpc) is 2.82. The highest BCUT2D eigenvalue weighted by molar-refractivity contribution is 6.20. The van der Waals surface area contributed by atoms with E-state index in [1.165, 1.54) is 0 Å². The molecule has 4 heteroatoms. The second kappa shape index (κ2) is 5.03. The van der Waals surface area contributed by atoms with Gasteiger partial charge in [-0.05, 0) is 17.7 Å². The van der Waals surface area contributed by atoms with Gasteiger partial charge in [-0.3, -0.25) is 0 Å². The van der Waals surface area contributed by atoms with Gasteiger partial charge in [-0.25, -0.2) is 4.98 Å². The summed E-state index contributed by atoms with van der Waals surface area (Å²) in [6.07, 6.45) is 5.40. The highest BCUT2D eigenvalue weighted by Crippen LogP contribution is 2.25. The van der Waals surface area contributed by atoms with Gasteiger partial charge in [0.25, 0.3) is 0 Å². The van der Waals surface area contributed by atoms with E-state index in [0.717, 1.165) is 11.3 Å². The van der Waals surface area contributed by atoms with Crippen LogP contribution in [0, 0.1) is 0 Å². The average molecular weight is 237 g/mol. The smallest absolute Gasteiger partial charge is 0.119 e. The molecule has 84 valence electrons. The second-order valence-electron chi connectivity index (χ2n) is 3.50. The summed E-state index contributed by atoms with van der Waals surface area (Å²) in [6, 6.07) is 7.80. The molecule has 1 aromatic carbocycles. The number of hydrogen-bond donors (Lipinski definition) is 0. The molecule has 2 rings (SSSR count). The summed E-state index contributed by atoms with van der Waals surface area (Å²) in [5.74, 6) is 0.828. The molecule has 16 heavy (non-hydrogen) atoms. The Morgan fingerprint density at radius 3 is 3.06 bits per heavy atom. The second-order valence-corrected chi connectivity index (χ2v) is 4.03. The van der Waals surface area contributed by atoms with Crippen LogP contribution < -0.4 is 4.74 Å². The minimum absolute atomic E-state index is 0.0794. The standard InChI is InChI=1S/C12H13ClN2O/c1-16-11-4-2-3-10(7-11)12(13)8-15-6-5-14-9-15/h2-7,9,12H,8H2,1H3. The Labute approximate surface area is 99.6 Å². The van der Waals surface area contributed by atoms with E-state index < -0.39 is 0 Å². The number of rotatable bonds is 4. The topological polar surface area (TPSA) is 27.1 Å². The van der Waals surface area contributed by atoms with Crippen molar-refractivity contribution in [3.05, 3.63) is 48.5 Å². The third-order valence-corrected chi connectivity index (χ3v) is 2.78. The van der Waals surface area contributed by atoms with Crippen molar-refractivity contribution in [3.63, 3.8) is 0 Å². The summed E-state index contributed by atoms with van der Waals surface area (Å²) in [6.45, 7) is 0.703. The number of aromatic nitrogens is 2. The SMILES string of the molecule is COc1cccc(C(Cl)Cn2ccnc2)c1. The molecule has 0 aliphatic rings. The minimum Gasteiger partial charge on any atom is -0.497 e. The fourth-order valence-corrected chi connectivity index (χ4v) is 1.82. The summed E-state index contributed by atoms with van der Waals surface area (Å²) < 4.78 is 7.12. The lowest BCUT2D eigenvalue weighted by molar-refractivity contribution is 0.414. The number of nitrogens with zero attached hydrogens (tertiary/aromatic N) is 2. The summed E-state index contributed by atoms with van der Waals surface area (Å²) in [4.78, 5) is 3.98. The molecular formula is C12H13ClN2O. The quantitative estimate of drug-likeness (QED) is 0.764. The van der Waals surface area contributed by atoms with E-state index >= 15 is 0 Å². The van der Waals surface area contributed by atoms with Crippen LogP contribution in [0.5, 0.6) is 5.75 Å². The molecule has 2 aromatic rings. The van der Waals surface area contributed by atoms with Crippen LogP contribution in [-0.4, -0.2) is 16.7 Å². The molecular weight excluding hydrogens is 224 g/mol. The van der Waals surface area contributed by atoms with Crippen LogP contribution in [0.1, 0.15) is 10.9 Å². The van der Waals surface area contributed by atoms with Crippen molar-refractivity contribution >= 4 is 11.6 Å². The molecule has 0 aliphatic heterocycles. The van der Waals surface area contributed by atoms with Crippen LogP contribution in [0.4, 0.5) is 0 Å². The number of alkyl halides is 1. The third kappa shape index (κ3) is 2.55. The maximum absolute atomic E-state index is 6.32. The first-order chi connectivity index (χ1) is 7.79. The number of methoxy groups -OCH3 is 1. The largest absolute Gasteiger partial charge is 0.497 e. The summed E-state index contributed by atoms with van der Waals surface area (Å²) in [7, 11) is 1.65. The molecule has 0 radical (unpaired) electrons. The number of ether oxygens (including phenoxy) is 1. The number of imidazole rings is 1. The molecule has 0 N–H and O–H groups in total. The van der Waals surface area contributed by atoms with Gasteiger partial charge in [-0.1, -0.05) is 12.1 Å². The Balaban J connectivity index is 2.11. The number of halogens is 1. The zero-order valence-electron chi connectivity index (χ0n) is 9.01. The van der Waals surface area contributed by atoms with Crippen LogP contribution >= 0.6 is 11.6 Å². The zero-order valence-corrected chi connectivity index (χ0v) is 9.76. The van der Waals surface area contributed by atoms with Crippen molar-refractivity contribution in [2.24, 2.45) is 0 Å². The van der Waals surface area contributed by atoms with Gasteiger partial charge in [-0.15, -0.1) is 11.6 Å². The van der Waals surface area contributed by atoms with Crippen LogP contribution in [0.2, 0.25) is 0 Å². The van der Waals surface area contributed by atoms with E-state index in [2.05, 4.69) is 4.98 Å². The molecule has 0 saturated heterocycles. The molecule has 0 bridgehead atoms. The van der Waals surface area contributed by atoms with Gasteiger partial charge in [0, 0.05) is 18.9 Å². The Morgan fingerprint density at radius 1 is 1.50 bits per heavy atom. The fraction of sp³-hybridized carbons (Fsp3) is 0.250. The molecule has 0 spiro atoms. The van der Waals surface area contributed by atoms with Crippen molar-refractivity contribution < 1.29 is 4.74 Å². The lowest BCUT2D eigenvalue weighted by atomic mass is 10.1. The van der Waals surface area contributed by atoms with Crippen LogP contribution in [0.25, 0.3) is 0 Å². The molecule has 1 heterocycles. The minimum atomic E-state index is -0.0794. The predicted octanol–water partition coefficient (Wildman–Crippen LogP) is 2.87. The van der Waals surface area contributed by atoms with Crippen molar-refractivity contribution in [2.75, 3.05) is 7.11 Å². The lowest BCUT2D eigenvalue weighted by Gasteiger charge is -2.11. The van der Waals surface area contributed by atoms with Gasteiger partial charge in [0.15, 0.2) is 0 Å². The Kier molecular flexibility index (Phi) is 3.47. The van der Waals surface area contributed by atoms with E-state index in [0.29, 0.717) is 6.54 Å². The van der Waals surface area contributed by atoms with Crippen LogP contribution in [-0.2, 0) is 6.54 Å². The Hall–Kier alpha value is -1.48. The van der Waals surface area contributed by atoms with Crippen LogP contribution in [0.3, 0.4) is 0 Å². The highest BCUT2D eigenvalue weighted by atomic mass is 35.5. The summed E-state index contributed by atoms with van der Waals surface area (Å²) >= 11 is 6.32. The van der Waals surface area contributed by atoms with Gasteiger partial charge in [-0.2, -0.15) is 0 Å². The first kappa shape index (κ1) is 11.0. The van der Waals surface area contributed by atoms with Crippen molar-refractivity contribution in [1.82, 2.24) is 9.55 Å². The number of benzene rings is 1. The fourth-order valence-electron chi connectivity index (χ4n) is 1.52. The molecule has 3 nitrogen and oxygen atoms in total. The number of hydrogen-bond acceptors (Lipinski definition) is 2. The molecule has 0 amide bonds. The molecule has 0 saturated carbocycles. The summed E-state index contributed by atoms with van der Waals surface area (Å²) in [5.41, 5.74) is 1.05. The summed E-state index contributed by atoms with van der Waals surface area (Å²) in [5, 5.41) is -0.0794. The van der Waals surface area contributed by atoms with Gasteiger partial charge in [0.05, 0.1) is 18.8 Å². The predicted molar refractivity (Wildman–Crippen MR) is 63.8 cm³/mol. The van der Waals surface area contributed by atoms with Gasteiger partial charge in [0.1, 0.15) is 5.75 Å². The van der Waals surface area contributed by atoms with E-state index in [-0.39, 0.29) is 5.38 Å². The maximum Gasteiger partial charge on any atom is 0.119 e. The Bertz CT molecular complexity index is 442. The molecule has 0 fully saturated rings. The third-order valence-electron chi connectivity index (χ3n) is 2.39. The van der Waals surface area contributed by atoms with E-state index in [1.807, 2.05) is 35.0 Å². The lowest BCUT2D eigenvalue weighted by Crippen LogP contribution is -2.02. The maximum atomic E-state index is 6.32. The van der Waals surface area contributed by atoms with Crippen molar-refractivity contribution in [1.29, 1.82) is 0 Å². The molecule has 1 aromatic heterocycles. The first-order valence-electron chi connectivity index (χ1n) is 5.03. The molecule has 1 unspecified atom stereocenters. The first-order valence-corrected chi connectivity index (χ1v) is 5.47. The van der Waals surface area contributed by atoms with Crippen LogP contribution in [0.15, 0.2) is 43.0 Å². The highest BCUT2D eigenvalue weighted by Gasteiger charge is 2.09. The van der Waals surface area contributed by atoms with E-state index in [1.54, 1.807) is 19.6 Å². The van der Waals surface area contributed by atoms with Crippen molar-refractivity contribution in [3.8, 4) is 5.75 Å². The normalized spacial score (nSPS) is 12.4.